The molecule has 6 nitrogen and oxygen atoms in total. The Balaban J connectivity index is 1.39. The Morgan fingerprint density at radius 3 is 2.64 bits per heavy atom. The van der Waals surface area contributed by atoms with E-state index in [-0.39, 0.29) is 24.8 Å². The SMILES string of the molecule is O=C(Cc1ccc(F)cc1)NCCOc1ccc(-c2ccco2)nn1. The predicted octanol–water partition coefficient (Wildman–Crippen LogP) is 2.61. The summed E-state index contributed by atoms with van der Waals surface area (Å²) in [5.41, 5.74) is 1.36. The van der Waals surface area contributed by atoms with Gasteiger partial charge < -0.3 is 14.5 Å². The number of hydrogen-bond acceptors (Lipinski definition) is 5. The molecule has 7 heteroatoms. The summed E-state index contributed by atoms with van der Waals surface area (Å²) in [7, 11) is 0. The Labute approximate surface area is 143 Å². The molecule has 0 bridgehead atoms. The molecule has 128 valence electrons. The molecular weight excluding hydrogens is 325 g/mol. The van der Waals surface area contributed by atoms with Gasteiger partial charge in [-0.05, 0) is 35.9 Å². The summed E-state index contributed by atoms with van der Waals surface area (Å²) >= 11 is 0. The highest BCUT2D eigenvalue weighted by molar-refractivity contribution is 5.78. The molecule has 3 rings (SSSR count). The van der Waals surface area contributed by atoms with E-state index in [1.165, 1.54) is 12.1 Å². The van der Waals surface area contributed by atoms with Crippen molar-refractivity contribution < 1.29 is 18.3 Å². The third-order valence-corrected chi connectivity index (χ3v) is 3.37. The van der Waals surface area contributed by atoms with Crippen LogP contribution in [0.25, 0.3) is 11.5 Å². The number of ether oxygens (including phenoxy) is 1. The van der Waals surface area contributed by atoms with E-state index in [2.05, 4.69) is 15.5 Å². The first-order chi connectivity index (χ1) is 12.2. The average molecular weight is 341 g/mol. The summed E-state index contributed by atoms with van der Waals surface area (Å²) in [6.45, 7) is 0.603. The van der Waals surface area contributed by atoms with E-state index in [0.29, 0.717) is 23.9 Å². The molecule has 2 aromatic heterocycles. The summed E-state index contributed by atoms with van der Waals surface area (Å²) in [4.78, 5) is 11.8. The summed E-state index contributed by atoms with van der Waals surface area (Å²) in [6.07, 6.45) is 1.76. The smallest absolute Gasteiger partial charge is 0.233 e. The molecular formula is C18H16FN3O3. The van der Waals surface area contributed by atoms with Crippen molar-refractivity contribution in [3.8, 4) is 17.3 Å². The molecule has 0 spiro atoms. The van der Waals surface area contributed by atoms with E-state index < -0.39 is 0 Å². The van der Waals surface area contributed by atoms with Gasteiger partial charge in [-0.25, -0.2) is 4.39 Å². The number of nitrogens with zero attached hydrogens (tertiary/aromatic N) is 2. The standard InChI is InChI=1S/C18H16FN3O3/c19-14-5-3-13(4-6-14)12-17(23)20-9-11-25-18-8-7-15(21-22-18)16-2-1-10-24-16/h1-8,10H,9,11-12H2,(H,20,23). The van der Waals surface area contributed by atoms with E-state index in [1.807, 2.05) is 0 Å². The number of furan rings is 1. The van der Waals surface area contributed by atoms with E-state index in [1.54, 1.807) is 42.7 Å². The molecule has 0 saturated carbocycles. The van der Waals surface area contributed by atoms with Crippen molar-refractivity contribution in [2.75, 3.05) is 13.2 Å². The van der Waals surface area contributed by atoms with Crippen molar-refractivity contribution in [2.45, 2.75) is 6.42 Å². The van der Waals surface area contributed by atoms with Crippen LogP contribution in [-0.2, 0) is 11.2 Å². The van der Waals surface area contributed by atoms with Crippen molar-refractivity contribution in [2.24, 2.45) is 0 Å². The molecule has 2 heterocycles. The maximum atomic E-state index is 12.8. The first-order valence-electron chi connectivity index (χ1n) is 7.72. The number of nitrogens with one attached hydrogen (secondary N) is 1. The van der Waals surface area contributed by atoms with Crippen LogP contribution in [0.15, 0.2) is 59.2 Å². The lowest BCUT2D eigenvalue weighted by molar-refractivity contribution is -0.120. The van der Waals surface area contributed by atoms with Crippen molar-refractivity contribution >= 4 is 5.91 Å². The first kappa shape index (κ1) is 16.6. The maximum Gasteiger partial charge on any atom is 0.233 e. The minimum atomic E-state index is -0.322. The van der Waals surface area contributed by atoms with Crippen LogP contribution in [0, 0.1) is 5.82 Å². The lowest BCUT2D eigenvalue weighted by Crippen LogP contribution is -2.29. The molecule has 0 radical (unpaired) electrons. The summed E-state index contributed by atoms with van der Waals surface area (Å²) < 4.78 is 23.5. The Hall–Kier alpha value is -3.22. The largest absolute Gasteiger partial charge is 0.475 e. The monoisotopic (exact) mass is 341 g/mol. The predicted molar refractivity (Wildman–Crippen MR) is 88.3 cm³/mol. The van der Waals surface area contributed by atoms with Gasteiger partial charge in [-0.1, -0.05) is 12.1 Å². The highest BCUT2D eigenvalue weighted by atomic mass is 19.1. The second-order valence-electron chi connectivity index (χ2n) is 5.24. The number of rotatable bonds is 7. The lowest BCUT2D eigenvalue weighted by Gasteiger charge is -2.07. The van der Waals surface area contributed by atoms with Crippen LogP contribution in [0.2, 0.25) is 0 Å². The third-order valence-electron chi connectivity index (χ3n) is 3.37. The molecule has 0 fully saturated rings. The summed E-state index contributed by atoms with van der Waals surface area (Å²) in [5.74, 6) is 0.515. The van der Waals surface area contributed by atoms with Crippen molar-refractivity contribution in [3.63, 3.8) is 0 Å². The molecule has 3 aromatic rings. The Kier molecular flexibility index (Phi) is 5.36. The second kappa shape index (κ2) is 8.05. The number of carbonyl (C=O) groups excluding carboxylic acids is 1. The van der Waals surface area contributed by atoms with Gasteiger partial charge >= 0.3 is 0 Å². The van der Waals surface area contributed by atoms with Crippen LogP contribution in [0.4, 0.5) is 4.39 Å². The quantitative estimate of drug-likeness (QED) is 0.669. The van der Waals surface area contributed by atoms with Crippen LogP contribution in [0.1, 0.15) is 5.56 Å². The topological polar surface area (TPSA) is 77.2 Å². The van der Waals surface area contributed by atoms with Gasteiger partial charge in [0.05, 0.1) is 19.2 Å². The fraction of sp³-hybridized carbons (Fsp3) is 0.167. The molecule has 1 aromatic carbocycles. The van der Waals surface area contributed by atoms with Crippen molar-refractivity contribution in [3.05, 3.63) is 66.2 Å². The Morgan fingerprint density at radius 2 is 1.96 bits per heavy atom. The summed E-state index contributed by atoms with van der Waals surface area (Å²) in [6, 6.07) is 12.8. The van der Waals surface area contributed by atoms with Gasteiger partial charge in [0, 0.05) is 6.07 Å². The molecule has 0 saturated heterocycles. The maximum absolute atomic E-state index is 12.8. The zero-order valence-electron chi connectivity index (χ0n) is 13.3. The van der Waals surface area contributed by atoms with Crippen LogP contribution < -0.4 is 10.1 Å². The number of benzene rings is 1. The third kappa shape index (κ3) is 4.87. The number of carbonyl (C=O) groups is 1. The van der Waals surface area contributed by atoms with Gasteiger partial charge in [-0.15, -0.1) is 10.2 Å². The Morgan fingerprint density at radius 1 is 1.12 bits per heavy atom. The fourth-order valence-electron chi connectivity index (χ4n) is 2.15. The average Bonchev–Trinajstić information content (AvgIpc) is 3.16. The minimum Gasteiger partial charge on any atom is -0.475 e. The van der Waals surface area contributed by atoms with E-state index in [0.717, 1.165) is 5.56 Å². The van der Waals surface area contributed by atoms with Gasteiger partial charge in [-0.2, -0.15) is 0 Å². The van der Waals surface area contributed by atoms with Crippen LogP contribution in [0.3, 0.4) is 0 Å². The van der Waals surface area contributed by atoms with Gasteiger partial charge in [0.2, 0.25) is 11.8 Å². The van der Waals surface area contributed by atoms with Crippen molar-refractivity contribution in [1.82, 2.24) is 15.5 Å². The second-order valence-corrected chi connectivity index (χ2v) is 5.24. The number of amides is 1. The molecule has 0 aliphatic rings. The molecule has 1 amide bonds. The first-order valence-corrected chi connectivity index (χ1v) is 7.72. The molecule has 0 aliphatic heterocycles. The number of halogens is 1. The van der Waals surface area contributed by atoms with Crippen molar-refractivity contribution in [1.29, 1.82) is 0 Å². The van der Waals surface area contributed by atoms with Gasteiger partial charge in [0.15, 0.2) is 5.76 Å². The van der Waals surface area contributed by atoms with E-state index >= 15 is 0 Å². The zero-order chi connectivity index (χ0) is 17.5. The molecule has 0 unspecified atom stereocenters. The fourth-order valence-corrected chi connectivity index (χ4v) is 2.15. The zero-order valence-corrected chi connectivity index (χ0v) is 13.3. The van der Waals surface area contributed by atoms with Crippen LogP contribution >= 0.6 is 0 Å². The number of hydrogen-bond donors (Lipinski definition) is 1. The lowest BCUT2D eigenvalue weighted by atomic mass is 10.1. The van der Waals surface area contributed by atoms with E-state index in [4.69, 9.17) is 9.15 Å². The van der Waals surface area contributed by atoms with Crippen LogP contribution in [-0.4, -0.2) is 29.3 Å². The minimum absolute atomic E-state index is 0.158. The number of aromatic nitrogens is 2. The molecule has 0 atom stereocenters. The Bertz CT molecular complexity index is 803. The van der Waals surface area contributed by atoms with Crippen LogP contribution in [0.5, 0.6) is 5.88 Å². The van der Waals surface area contributed by atoms with Gasteiger partial charge in [0.1, 0.15) is 18.1 Å². The van der Waals surface area contributed by atoms with E-state index in [9.17, 15) is 9.18 Å². The molecule has 0 aliphatic carbocycles. The van der Waals surface area contributed by atoms with Gasteiger partial charge in [-0.3, -0.25) is 4.79 Å². The normalized spacial score (nSPS) is 10.4. The molecule has 25 heavy (non-hydrogen) atoms. The highest BCUT2D eigenvalue weighted by Crippen LogP contribution is 2.17. The molecule has 1 N–H and O–H groups in total. The highest BCUT2D eigenvalue weighted by Gasteiger charge is 2.05. The van der Waals surface area contributed by atoms with Gasteiger partial charge in [0.25, 0.3) is 0 Å². The summed E-state index contributed by atoms with van der Waals surface area (Å²) in [5, 5.41) is 10.7.